The summed E-state index contributed by atoms with van der Waals surface area (Å²) in [6.45, 7) is 7.51. The number of hydrogen-bond acceptors (Lipinski definition) is 6. The molecule has 1 aliphatic rings. The molecule has 6 nitrogen and oxygen atoms in total. The van der Waals surface area contributed by atoms with Gasteiger partial charge in [-0.25, -0.2) is 4.79 Å². The maximum atomic E-state index is 12.7. The quantitative estimate of drug-likeness (QED) is 0.332. The zero-order valence-corrected chi connectivity index (χ0v) is 17.7. The van der Waals surface area contributed by atoms with Crippen LogP contribution in [0.4, 0.5) is 0 Å². The molecule has 158 valence electrons. The van der Waals surface area contributed by atoms with Crippen LogP contribution in [-0.2, 0) is 19.1 Å². The summed E-state index contributed by atoms with van der Waals surface area (Å²) in [6.07, 6.45) is 5.87. The zero-order chi connectivity index (χ0) is 21.4. The standard InChI is InChI=1S/C23H30O6/c1-5-6-7-8-12-28-18-11-9-10-16-13-17(21(25)22(26)20(16)18)14-27-15-19(24)29-23(2,3)4/h9-11,13H,5-8,12,14-15H2,1-4H3. The molecule has 0 bridgehead atoms. The Labute approximate surface area is 172 Å². The largest absolute Gasteiger partial charge is 0.493 e. The summed E-state index contributed by atoms with van der Waals surface area (Å²) in [6, 6.07) is 5.26. The molecule has 0 saturated carbocycles. The van der Waals surface area contributed by atoms with Crippen molar-refractivity contribution in [3.8, 4) is 5.75 Å². The number of esters is 1. The van der Waals surface area contributed by atoms with Crippen molar-refractivity contribution in [3.63, 3.8) is 0 Å². The summed E-state index contributed by atoms with van der Waals surface area (Å²) < 4.78 is 16.2. The number of carbonyl (C=O) groups excluding carboxylic acids is 3. The van der Waals surface area contributed by atoms with E-state index in [1.165, 1.54) is 0 Å². The van der Waals surface area contributed by atoms with E-state index in [0.29, 0.717) is 23.5 Å². The van der Waals surface area contributed by atoms with Gasteiger partial charge in [0, 0.05) is 5.57 Å². The number of carbonyl (C=O) groups is 3. The lowest BCUT2D eigenvalue weighted by Crippen LogP contribution is -2.28. The smallest absolute Gasteiger partial charge is 0.332 e. The summed E-state index contributed by atoms with van der Waals surface area (Å²) in [4.78, 5) is 36.9. The Morgan fingerprint density at radius 2 is 1.79 bits per heavy atom. The minimum absolute atomic E-state index is 0.134. The number of ether oxygens (including phenoxy) is 3. The predicted octanol–water partition coefficient (Wildman–Crippen LogP) is 4.15. The number of rotatable bonds is 10. The van der Waals surface area contributed by atoms with Gasteiger partial charge in [0.25, 0.3) is 0 Å². The Balaban J connectivity index is 2.02. The average molecular weight is 402 g/mol. The molecule has 0 N–H and O–H groups in total. The fraction of sp³-hybridized carbons (Fsp3) is 0.522. The summed E-state index contributed by atoms with van der Waals surface area (Å²) >= 11 is 0. The number of unbranched alkanes of at least 4 members (excludes halogenated alkanes) is 3. The van der Waals surface area contributed by atoms with Crippen molar-refractivity contribution >= 4 is 23.6 Å². The molecule has 1 aromatic carbocycles. The van der Waals surface area contributed by atoms with Crippen molar-refractivity contribution < 1.29 is 28.6 Å². The lowest BCUT2D eigenvalue weighted by molar-refractivity contribution is -0.160. The molecule has 6 heteroatoms. The first-order valence-electron chi connectivity index (χ1n) is 10.1. The van der Waals surface area contributed by atoms with Crippen molar-refractivity contribution in [2.24, 2.45) is 0 Å². The van der Waals surface area contributed by atoms with Crippen LogP contribution in [0.15, 0.2) is 23.8 Å². The van der Waals surface area contributed by atoms with E-state index in [9.17, 15) is 14.4 Å². The van der Waals surface area contributed by atoms with Gasteiger partial charge < -0.3 is 14.2 Å². The molecule has 0 aliphatic heterocycles. The van der Waals surface area contributed by atoms with E-state index < -0.39 is 23.1 Å². The predicted molar refractivity (Wildman–Crippen MR) is 110 cm³/mol. The fourth-order valence-electron chi connectivity index (χ4n) is 2.98. The Hall–Kier alpha value is -2.47. The van der Waals surface area contributed by atoms with E-state index in [1.807, 2.05) is 0 Å². The zero-order valence-electron chi connectivity index (χ0n) is 17.7. The third-order valence-corrected chi connectivity index (χ3v) is 4.27. The molecule has 0 saturated heterocycles. The van der Waals surface area contributed by atoms with E-state index in [2.05, 4.69) is 6.92 Å². The monoisotopic (exact) mass is 402 g/mol. The van der Waals surface area contributed by atoms with Crippen molar-refractivity contribution in [3.05, 3.63) is 34.9 Å². The topological polar surface area (TPSA) is 78.9 Å². The summed E-state index contributed by atoms with van der Waals surface area (Å²) in [5, 5.41) is 0. The maximum Gasteiger partial charge on any atom is 0.332 e. The normalized spacial score (nSPS) is 13.7. The van der Waals surface area contributed by atoms with Gasteiger partial charge >= 0.3 is 5.97 Å². The van der Waals surface area contributed by atoms with Crippen LogP contribution in [0.5, 0.6) is 5.75 Å². The van der Waals surface area contributed by atoms with Gasteiger partial charge in [-0.05, 0) is 44.9 Å². The fourth-order valence-corrected chi connectivity index (χ4v) is 2.98. The van der Waals surface area contributed by atoms with Gasteiger partial charge in [0.15, 0.2) is 0 Å². The highest BCUT2D eigenvalue weighted by Gasteiger charge is 2.30. The highest BCUT2D eigenvalue weighted by atomic mass is 16.6. The average Bonchev–Trinajstić information content (AvgIpc) is 2.64. The van der Waals surface area contributed by atoms with Crippen molar-refractivity contribution in [2.45, 2.75) is 59.0 Å². The minimum atomic E-state index is -0.635. The van der Waals surface area contributed by atoms with Gasteiger partial charge in [0.2, 0.25) is 11.6 Å². The van der Waals surface area contributed by atoms with Crippen LogP contribution in [0.1, 0.15) is 69.3 Å². The van der Waals surface area contributed by atoms with Crippen LogP contribution >= 0.6 is 0 Å². The molecular weight excluding hydrogens is 372 g/mol. The first-order chi connectivity index (χ1) is 13.7. The second-order valence-electron chi connectivity index (χ2n) is 8.04. The van der Waals surface area contributed by atoms with Crippen molar-refractivity contribution in [1.82, 2.24) is 0 Å². The molecule has 0 spiro atoms. The Bertz CT molecular complexity index is 785. The van der Waals surface area contributed by atoms with E-state index in [0.717, 1.165) is 25.7 Å². The lowest BCUT2D eigenvalue weighted by Gasteiger charge is -2.20. The van der Waals surface area contributed by atoms with Gasteiger partial charge in [0.05, 0.1) is 18.8 Å². The third-order valence-electron chi connectivity index (χ3n) is 4.27. The molecule has 2 rings (SSSR count). The van der Waals surface area contributed by atoms with E-state index >= 15 is 0 Å². The van der Waals surface area contributed by atoms with E-state index in [4.69, 9.17) is 14.2 Å². The van der Waals surface area contributed by atoms with E-state index in [-0.39, 0.29) is 18.8 Å². The first kappa shape index (κ1) is 22.8. The van der Waals surface area contributed by atoms with Gasteiger partial charge in [0.1, 0.15) is 18.0 Å². The number of fused-ring (bicyclic) bond motifs is 1. The van der Waals surface area contributed by atoms with Gasteiger partial charge in [-0.3, -0.25) is 9.59 Å². The van der Waals surface area contributed by atoms with Crippen LogP contribution in [0.3, 0.4) is 0 Å². The van der Waals surface area contributed by atoms with Gasteiger partial charge in [-0.1, -0.05) is 38.3 Å². The molecule has 1 aliphatic carbocycles. The molecule has 0 unspecified atom stereocenters. The molecule has 29 heavy (non-hydrogen) atoms. The minimum Gasteiger partial charge on any atom is -0.493 e. The highest BCUT2D eigenvalue weighted by Crippen LogP contribution is 2.30. The highest BCUT2D eigenvalue weighted by molar-refractivity contribution is 6.52. The Morgan fingerprint density at radius 1 is 1.03 bits per heavy atom. The number of Topliss-reactive ketones (excluding diaryl/α,β-unsaturated/α-hetero) is 2. The van der Waals surface area contributed by atoms with Gasteiger partial charge in [-0.2, -0.15) is 0 Å². The van der Waals surface area contributed by atoms with Crippen LogP contribution < -0.4 is 4.74 Å². The SMILES string of the molecule is CCCCCCOc1cccc2c1C(=O)C(=O)C(COCC(=O)OC(C)(C)C)=C2. The van der Waals surface area contributed by atoms with Crippen LogP contribution in [0.2, 0.25) is 0 Å². The first-order valence-corrected chi connectivity index (χ1v) is 10.1. The second kappa shape index (κ2) is 10.3. The number of ketones is 2. The molecule has 0 atom stereocenters. The Kier molecular flexibility index (Phi) is 8.14. The lowest BCUT2D eigenvalue weighted by atomic mass is 9.89. The molecule has 0 aromatic heterocycles. The second-order valence-corrected chi connectivity index (χ2v) is 8.04. The molecule has 0 fully saturated rings. The van der Waals surface area contributed by atoms with Crippen LogP contribution in [-0.4, -0.2) is 43.0 Å². The van der Waals surface area contributed by atoms with Gasteiger partial charge in [-0.15, -0.1) is 0 Å². The summed E-state index contributed by atoms with van der Waals surface area (Å²) in [5.41, 5.74) is 0.522. The molecule has 0 heterocycles. The third kappa shape index (κ3) is 6.82. The summed E-state index contributed by atoms with van der Waals surface area (Å²) in [7, 11) is 0. The maximum absolute atomic E-state index is 12.7. The number of hydrogen-bond donors (Lipinski definition) is 0. The van der Waals surface area contributed by atoms with Crippen molar-refractivity contribution in [2.75, 3.05) is 19.8 Å². The summed E-state index contributed by atoms with van der Waals surface area (Å²) in [5.74, 6) is -1.33. The Morgan fingerprint density at radius 3 is 2.48 bits per heavy atom. The molecular formula is C23H30O6. The van der Waals surface area contributed by atoms with Crippen molar-refractivity contribution in [1.29, 1.82) is 0 Å². The van der Waals surface area contributed by atoms with Crippen LogP contribution in [0.25, 0.3) is 6.08 Å². The number of benzene rings is 1. The molecule has 1 aromatic rings. The molecule has 0 amide bonds. The van der Waals surface area contributed by atoms with E-state index in [1.54, 1.807) is 45.0 Å². The molecule has 0 radical (unpaired) electrons. The van der Waals surface area contributed by atoms with Crippen LogP contribution in [0, 0.1) is 0 Å².